The molecule has 11 heavy (non-hydrogen) atoms. The SMILES string of the molecule is CC/C=C(N)\C(O)=C/C(C)C. The summed E-state index contributed by atoms with van der Waals surface area (Å²) < 4.78 is 0. The van der Waals surface area contributed by atoms with Crippen molar-refractivity contribution in [2.75, 3.05) is 0 Å². The predicted molar refractivity (Wildman–Crippen MR) is 48.1 cm³/mol. The van der Waals surface area contributed by atoms with Gasteiger partial charge in [0.25, 0.3) is 0 Å². The number of rotatable bonds is 3. The number of aliphatic hydroxyl groups excluding tert-OH is 1. The molecule has 2 nitrogen and oxygen atoms in total. The second-order valence-electron chi connectivity index (χ2n) is 2.86. The molecular formula is C9H17NO. The van der Waals surface area contributed by atoms with E-state index in [1.165, 1.54) is 0 Å². The third-order valence-corrected chi connectivity index (χ3v) is 1.21. The summed E-state index contributed by atoms with van der Waals surface area (Å²) >= 11 is 0. The minimum Gasteiger partial charge on any atom is -0.506 e. The number of nitrogens with two attached hydrogens (primary N) is 1. The van der Waals surface area contributed by atoms with Crippen LogP contribution in [0.15, 0.2) is 23.6 Å². The summed E-state index contributed by atoms with van der Waals surface area (Å²) in [5.74, 6) is 0.528. The maximum absolute atomic E-state index is 9.29. The first kappa shape index (κ1) is 10.1. The molecule has 0 heterocycles. The van der Waals surface area contributed by atoms with E-state index in [1.807, 2.05) is 20.8 Å². The van der Waals surface area contributed by atoms with Crippen LogP contribution in [0.1, 0.15) is 27.2 Å². The van der Waals surface area contributed by atoms with E-state index in [9.17, 15) is 5.11 Å². The smallest absolute Gasteiger partial charge is 0.134 e. The molecule has 64 valence electrons. The zero-order valence-electron chi connectivity index (χ0n) is 7.46. The molecular weight excluding hydrogens is 138 g/mol. The Balaban J connectivity index is 4.23. The molecule has 0 radical (unpaired) electrons. The quantitative estimate of drug-likeness (QED) is 0.485. The van der Waals surface area contributed by atoms with Crippen molar-refractivity contribution in [3.05, 3.63) is 23.6 Å². The maximum Gasteiger partial charge on any atom is 0.134 e. The molecule has 0 aromatic carbocycles. The van der Waals surface area contributed by atoms with Crippen LogP contribution in [0.5, 0.6) is 0 Å². The monoisotopic (exact) mass is 155 g/mol. The van der Waals surface area contributed by atoms with E-state index in [-0.39, 0.29) is 5.76 Å². The Labute approximate surface area is 68.4 Å². The molecule has 0 atom stereocenters. The van der Waals surface area contributed by atoms with Gasteiger partial charge in [0.15, 0.2) is 0 Å². The Morgan fingerprint density at radius 3 is 2.45 bits per heavy atom. The number of aliphatic hydroxyl groups is 1. The lowest BCUT2D eigenvalue weighted by Crippen LogP contribution is -2.01. The van der Waals surface area contributed by atoms with Gasteiger partial charge in [-0.15, -0.1) is 0 Å². The van der Waals surface area contributed by atoms with Crippen LogP contribution in [0, 0.1) is 5.92 Å². The van der Waals surface area contributed by atoms with Crippen LogP contribution in [-0.2, 0) is 0 Å². The molecule has 0 saturated carbocycles. The molecule has 0 fully saturated rings. The van der Waals surface area contributed by atoms with Gasteiger partial charge in [0, 0.05) is 0 Å². The summed E-state index contributed by atoms with van der Waals surface area (Å²) in [6.07, 6.45) is 4.39. The second-order valence-corrected chi connectivity index (χ2v) is 2.86. The summed E-state index contributed by atoms with van der Waals surface area (Å²) in [6.45, 7) is 5.97. The van der Waals surface area contributed by atoms with E-state index in [4.69, 9.17) is 5.73 Å². The molecule has 0 saturated heterocycles. The Hall–Kier alpha value is -0.920. The highest BCUT2D eigenvalue weighted by Gasteiger charge is 1.96. The van der Waals surface area contributed by atoms with Gasteiger partial charge in [0.05, 0.1) is 5.70 Å². The van der Waals surface area contributed by atoms with Gasteiger partial charge in [-0.25, -0.2) is 0 Å². The lowest BCUT2D eigenvalue weighted by Gasteiger charge is -2.01. The van der Waals surface area contributed by atoms with Crippen LogP contribution in [-0.4, -0.2) is 5.11 Å². The largest absolute Gasteiger partial charge is 0.506 e. The van der Waals surface area contributed by atoms with Crippen LogP contribution in [0.2, 0.25) is 0 Å². The van der Waals surface area contributed by atoms with E-state index in [1.54, 1.807) is 12.2 Å². The third kappa shape index (κ3) is 4.48. The van der Waals surface area contributed by atoms with E-state index < -0.39 is 0 Å². The van der Waals surface area contributed by atoms with Crippen molar-refractivity contribution < 1.29 is 5.11 Å². The minimum absolute atomic E-state index is 0.196. The molecule has 0 bridgehead atoms. The highest BCUT2D eigenvalue weighted by atomic mass is 16.3. The molecule has 0 amide bonds. The Kier molecular flexibility index (Phi) is 4.42. The fraction of sp³-hybridized carbons (Fsp3) is 0.556. The lowest BCUT2D eigenvalue weighted by molar-refractivity contribution is 0.415. The van der Waals surface area contributed by atoms with Crippen LogP contribution >= 0.6 is 0 Å². The van der Waals surface area contributed by atoms with E-state index >= 15 is 0 Å². The number of allylic oxidation sites excluding steroid dienone is 2. The fourth-order valence-electron chi connectivity index (χ4n) is 0.736. The maximum atomic E-state index is 9.29. The Morgan fingerprint density at radius 1 is 1.55 bits per heavy atom. The van der Waals surface area contributed by atoms with Crippen molar-refractivity contribution in [3.63, 3.8) is 0 Å². The van der Waals surface area contributed by atoms with Crippen LogP contribution in [0.4, 0.5) is 0 Å². The summed E-state index contributed by atoms with van der Waals surface area (Å²) in [4.78, 5) is 0. The molecule has 0 aromatic heterocycles. The minimum atomic E-state index is 0.196. The van der Waals surface area contributed by atoms with Crippen molar-refractivity contribution in [2.24, 2.45) is 11.7 Å². The molecule has 3 N–H and O–H groups in total. The van der Waals surface area contributed by atoms with Gasteiger partial charge in [0.2, 0.25) is 0 Å². The first-order valence-corrected chi connectivity index (χ1v) is 3.94. The molecule has 2 heteroatoms. The lowest BCUT2D eigenvalue weighted by atomic mass is 10.1. The molecule has 0 rings (SSSR count). The molecule has 0 aromatic rings. The van der Waals surface area contributed by atoms with Gasteiger partial charge < -0.3 is 10.8 Å². The van der Waals surface area contributed by atoms with Crippen molar-refractivity contribution in [1.29, 1.82) is 0 Å². The average molecular weight is 155 g/mol. The van der Waals surface area contributed by atoms with Crippen molar-refractivity contribution >= 4 is 0 Å². The van der Waals surface area contributed by atoms with Gasteiger partial charge in [0.1, 0.15) is 5.76 Å². The molecule has 0 aliphatic rings. The number of hydrogen-bond acceptors (Lipinski definition) is 2. The number of hydrogen-bond donors (Lipinski definition) is 2. The fourth-order valence-corrected chi connectivity index (χ4v) is 0.736. The van der Waals surface area contributed by atoms with Crippen molar-refractivity contribution in [2.45, 2.75) is 27.2 Å². The van der Waals surface area contributed by atoms with Gasteiger partial charge >= 0.3 is 0 Å². The zero-order chi connectivity index (χ0) is 8.85. The molecule has 0 spiro atoms. The topological polar surface area (TPSA) is 46.2 Å². The van der Waals surface area contributed by atoms with Crippen molar-refractivity contribution in [3.8, 4) is 0 Å². The van der Waals surface area contributed by atoms with Gasteiger partial charge in [-0.05, 0) is 18.4 Å². The third-order valence-electron chi connectivity index (χ3n) is 1.21. The summed E-state index contributed by atoms with van der Waals surface area (Å²) in [6, 6.07) is 0. The first-order chi connectivity index (χ1) is 5.07. The van der Waals surface area contributed by atoms with Crippen LogP contribution in [0.25, 0.3) is 0 Å². The first-order valence-electron chi connectivity index (χ1n) is 3.94. The van der Waals surface area contributed by atoms with Crippen LogP contribution < -0.4 is 5.73 Å². The highest BCUT2D eigenvalue weighted by molar-refractivity contribution is 5.21. The van der Waals surface area contributed by atoms with Gasteiger partial charge in [-0.3, -0.25) is 0 Å². The van der Waals surface area contributed by atoms with E-state index in [0.29, 0.717) is 11.6 Å². The zero-order valence-corrected chi connectivity index (χ0v) is 7.46. The molecule has 0 unspecified atom stereocenters. The second kappa shape index (κ2) is 4.83. The summed E-state index contributed by atoms with van der Waals surface area (Å²) in [7, 11) is 0. The molecule has 0 aliphatic heterocycles. The van der Waals surface area contributed by atoms with E-state index in [2.05, 4.69) is 0 Å². The highest BCUT2D eigenvalue weighted by Crippen LogP contribution is 2.05. The normalized spacial score (nSPS) is 14.2. The summed E-state index contributed by atoms with van der Waals surface area (Å²) in [5.41, 5.74) is 5.99. The average Bonchev–Trinajstić information content (AvgIpc) is 1.86. The predicted octanol–water partition coefficient (Wildman–Crippen LogP) is 2.34. The van der Waals surface area contributed by atoms with Crippen molar-refractivity contribution in [1.82, 2.24) is 0 Å². The summed E-state index contributed by atoms with van der Waals surface area (Å²) in [5, 5.41) is 9.29. The Bertz CT molecular complexity index is 168. The van der Waals surface area contributed by atoms with E-state index in [0.717, 1.165) is 6.42 Å². The van der Waals surface area contributed by atoms with Gasteiger partial charge in [-0.1, -0.05) is 26.8 Å². The standard InChI is InChI=1S/C9H17NO/c1-4-5-8(10)9(11)6-7(2)3/h5-7,11H,4,10H2,1-3H3/b8-5+,9-6+. The Morgan fingerprint density at radius 2 is 2.09 bits per heavy atom. The molecule has 0 aliphatic carbocycles. The van der Waals surface area contributed by atoms with Gasteiger partial charge in [-0.2, -0.15) is 0 Å². The van der Waals surface area contributed by atoms with Crippen LogP contribution in [0.3, 0.4) is 0 Å².